The number of benzene rings is 4. The van der Waals surface area contributed by atoms with Crippen LogP contribution in [-0.4, -0.2) is 0 Å². The first-order valence-electron chi connectivity index (χ1n) is 9.63. The minimum absolute atomic E-state index is 0.0226. The average molecular weight is 346 g/mol. The van der Waals surface area contributed by atoms with Crippen molar-refractivity contribution in [2.24, 2.45) is 0 Å². The van der Waals surface area contributed by atoms with Gasteiger partial charge in [-0.15, -0.1) is 0 Å². The van der Waals surface area contributed by atoms with E-state index in [9.17, 15) is 0 Å². The van der Waals surface area contributed by atoms with Crippen LogP contribution in [0.15, 0.2) is 121 Å². The summed E-state index contributed by atoms with van der Waals surface area (Å²) < 4.78 is 0. The van der Waals surface area contributed by atoms with Crippen molar-refractivity contribution in [2.75, 3.05) is 0 Å². The van der Waals surface area contributed by atoms with Crippen molar-refractivity contribution in [2.45, 2.75) is 17.3 Å². The molecule has 0 amide bonds. The van der Waals surface area contributed by atoms with E-state index < -0.39 is 0 Å². The number of hydrogen-bond donors (Lipinski definition) is 0. The molecule has 4 aromatic carbocycles. The second-order valence-corrected chi connectivity index (χ2v) is 7.38. The zero-order valence-electron chi connectivity index (χ0n) is 15.2. The third-order valence-corrected chi connectivity index (χ3v) is 6.03. The second-order valence-electron chi connectivity index (χ2n) is 7.38. The van der Waals surface area contributed by atoms with Crippen molar-refractivity contribution in [3.63, 3.8) is 0 Å². The third kappa shape index (κ3) is 2.52. The minimum Gasteiger partial charge on any atom is -0.0622 e. The van der Waals surface area contributed by atoms with Gasteiger partial charge in [0.05, 0.1) is 0 Å². The van der Waals surface area contributed by atoms with Gasteiger partial charge in [-0.3, -0.25) is 0 Å². The van der Waals surface area contributed by atoms with E-state index in [1.54, 1.807) is 0 Å². The molecule has 5 rings (SSSR count). The zero-order chi connectivity index (χ0) is 18.1. The molecule has 2 atom stereocenters. The Morgan fingerprint density at radius 2 is 0.667 bits per heavy atom. The van der Waals surface area contributed by atoms with Crippen molar-refractivity contribution in [3.05, 3.63) is 144 Å². The molecule has 1 aliphatic rings. The van der Waals surface area contributed by atoms with Crippen LogP contribution < -0.4 is 0 Å². The fourth-order valence-electron chi connectivity index (χ4n) is 4.93. The Morgan fingerprint density at radius 1 is 0.370 bits per heavy atom. The highest BCUT2D eigenvalue weighted by atomic mass is 14.7. The predicted octanol–water partition coefficient (Wildman–Crippen LogP) is 6.55. The van der Waals surface area contributed by atoms with Gasteiger partial charge < -0.3 is 0 Å². The highest BCUT2D eigenvalue weighted by Gasteiger charge is 2.66. The smallest absolute Gasteiger partial charge is 0.0352 e. The lowest BCUT2D eigenvalue weighted by Gasteiger charge is -2.20. The van der Waals surface area contributed by atoms with Gasteiger partial charge in [0.15, 0.2) is 0 Å². The van der Waals surface area contributed by atoms with Gasteiger partial charge in [0.1, 0.15) is 0 Å². The molecular weight excluding hydrogens is 324 g/mol. The molecule has 0 spiro atoms. The molecule has 0 radical (unpaired) electrons. The van der Waals surface area contributed by atoms with Gasteiger partial charge >= 0.3 is 0 Å². The van der Waals surface area contributed by atoms with Gasteiger partial charge in [-0.05, 0) is 22.3 Å². The van der Waals surface area contributed by atoms with Crippen LogP contribution in [0.1, 0.15) is 34.1 Å². The largest absolute Gasteiger partial charge is 0.0622 e. The maximum Gasteiger partial charge on any atom is 0.0352 e. The van der Waals surface area contributed by atoms with Crippen molar-refractivity contribution < 1.29 is 0 Å². The lowest BCUT2D eigenvalue weighted by atomic mass is 9.82. The Hall–Kier alpha value is -3.12. The molecule has 1 fully saturated rings. The molecule has 0 aliphatic heterocycles. The Labute approximate surface area is 161 Å². The average Bonchev–Trinajstić information content (AvgIpc) is 3.48. The molecule has 0 heterocycles. The van der Waals surface area contributed by atoms with Crippen LogP contribution >= 0.6 is 0 Å². The highest BCUT2D eigenvalue weighted by Crippen LogP contribution is 2.73. The molecular formula is C27H22. The third-order valence-electron chi connectivity index (χ3n) is 6.03. The van der Waals surface area contributed by atoms with Gasteiger partial charge in [0.25, 0.3) is 0 Å². The van der Waals surface area contributed by atoms with Crippen LogP contribution in [0.2, 0.25) is 0 Å². The summed E-state index contributed by atoms with van der Waals surface area (Å²) in [4.78, 5) is 0. The van der Waals surface area contributed by atoms with Crippen LogP contribution in [0.3, 0.4) is 0 Å². The van der Waals surface area contributed by atoms with Crippen molar-refractivity contribution in [3.8, 4) is 0 Å². The van der Waals surface area contributed by atoms with Crippen molar-refractivity contribution >= 4 is 0 Å². The summed E-state index contributed by atoms with van der Waals surface area (Å²) in [5.41, 5.74) is 5.61. The summed E-state index contributed by atoms with van der Waals surface area (Å²) in [6.45, 7) is 0. The quantitative estimate of drug-likeness (QED) is 0.393. The molecule has 0 aromatic heterocycles. The summed E-state index contributed by atoms with van der Waals surface area (Å²) in [5.74, 6) is 0.872. The van der Waals surface area contributed by atoms with Crippen LogP contribution in [0.5, 0.6) is 0 Å². The number of hydrogen-bond acceptors (Lipinski definition) is 0. The summed E-state index contributed by atoms with van der Waals surface area (Å²) in [6.07, 6.45) is 0. The van der Waals surface area contributed by atoms with Gasteiger partial charge in [0, 0.05) is 17.3 Å². The first kappa shape index (κ1) is 16.1. The topological polar surface area (TPSA) is 0 Å². The van der Waals surface area contributed by atoms with E-state index in [0.29, 0.717) is 11.8 Å². The Bertz CT molecular complexity index is 918. The Kier molecular flexibility index (Phi) is 3.90. The lowest BCUT2D eigenvalue weighted by Crippen LogP contribution is -2.13. The fraction of sp³-hybridized carbons (Fsp3) is 0.111. The zero-order valence-corrected chi connectivity index (χ0v) is 15.2. The van der Waals surface area contributed by atoms with Gasteiger partial charge in [-0.1, -0.05) is 121 Å². The number of rotatable bonds is 4. The van der Waals surface area contributed by atoms with Crippen LogP contribution in [0.4, 0.5) is 0 Å². The van der Waals surface area contributed by atoms with Crippen LogP contribution in [0.25, 0.3) is 0 Å². The van der Waals surface area contributed by atoms with Gasteiger partial charge in [-0.25, -0.2) is 0 Å². The molecule has 0 saturated heterocycles. The summed E-state index contributed by atoms with van der Waals surface area (Å²) in [5, 5.41) is 0. The summed E-state index contributed by atoms with van der Waals surface area (Å²) in [6, 6.07) is 44.1. The predicted molar refractivity (Wildman–Crippen MR) is 112 cm³/mol. The SMILES string of the molecule is c1ccc([C@@H]2[C@H](c3ccccc3)C2(c2ccccc2)c2ccccc2)cc1. The lowest BCUT2D eigenvalue weighted by molar-refractivity contribution is 0.782. The van der Waals surface area contributed by atoms with Crippen molar-refractivity contribution in [1.82, 2.24) is 0 Å². The molecule has 0 unspecified atom stereocenters. The molecule has 0 N–H and O–H groups in total. The van der Waals surface area contributed by atoms with E-state index in [2.05, 4.69) is 121 Å². The molecule has 130 valence electrons. The van der Waals surface area contributed by atoms with E-state index in [-0.39, 0.29) is 5.41 Å². The first-order chi connectivity index (χ1) is 13.4. The highest BCUT2D eigenvalue weighted by molar-refractivity contribution is 5.61. The van der Waals surface area contributed by atoms with Gasteiger partial charge in [0.2, 0.25) is 0 Å². The normalized spacial score (nSPS) is 20.1. The van der Waals surface area contributed by atoms with E-state index >= 15 is 0 Å². The Balaban J connectivity index is 1.77. The molecule has 1 aliphatic carbocycles. The van der Waals surface area contributed by atoms with E-state index in [0.717, 1.165) is 0 Å². The molecule has 0 heteroatoms. The molecule has 1 saturated carbocycles. The molecule has 4 aromatic rings. The fourth-order valence-corrected chi connectivity index (χ4v) is 4.93. The van der Waals surface area contributed by atoms with E-state index in [1.807, 2.05) is 0 Å². The maximum absolute atomic E-state index is 2.30. The van der Waals surface area contributed by atoms with E-state index in [1.165, 1.54) is 22.3 Å². The molecule has 0 nitrogen and oxygen atoms in total. The molecule has 27 heavy (non-hydrogen) atoms. The van der Waals surface area contributed by atoms with Crippen LogP contribution in [-0.2, 0) is 5.41 Å². The van der Waals surface area contributed by atoms with Crippen LogP contribution in [0, 0.1) is 0 Å². The first-order valence-corrected chi connectivity index (χ1v) is 9.63. The minimum atomic E-state index is -0.0226. The van der Waals surface area contributed by atoms with E-state index in [4.69, 9.17) is 0 Å². The standard InChI is InChI=1S/C27H22/c1-5-13-21(14-6-1)25-26(22-15-7-2-8-16-22)27(25,23-17-9-3-10-18-23)24-19-11-4-12-20-24/h1-20,25-26H/t25-,26+. The van der Waals surface area contributed by atoms with Crippen molar-refractivity contribution in [1.29, 1.82) is 0 Å². The second kappa shape index (κ2) is 6.55. The summed E-state index contributed by atoms with van der Waals surface area (Å²) >= 11 is 0. The Morgan fingerprint density at radius 3 is 1.00 bits per heavy atom. The van der Waals surface area contributed by atoms with Gasteiger partial charge in [-0.2, -0.15) is 0 Å². The maximum atomic E-state index is 2.30. The monoisotopic (exact) mass is 346 g/mol. The molecule has 0 bridgehead atoms. The summed E-state index contributed by atoms with van der Waals surface area (Å²) in [7, 11) is 0.